The lowest BCUT2D eigenvalue weighted by Crippen LogP contribution is -2.53. The van der Waals surface area contributed by atoms with Crippen LogP contribution in [0.2, 0.25) is 0 Å². The van der Waals surface area contributed by atoms with Gasteiger partial charge in [0.25, 0.3) is 0 Å². The number of hydrogen-bond donors (Lipinski definition) is 2. The lowest BCUT2D eigenvalue weighted by molar-refractivity contribution is -0.145. The van der Waals surface area contributed by atoms with Crippen LogP contribution in [-0.2, 0) is 25.7 Å². The molecule has 0 aliphatic rings. The molecule has 0 radical (unpaired) electrons. The predicted octanol–water partition coefficient (Wildman–Crippen LogP) is 1.90. The third kappa shape index (κ3) is 7.77. The first-order chi connectivity index (χ1) is 12.9. The van der Waals surface area contributed by atoms with Gasteiger partial charge < -0.3 is 20.1 Å². The van der Waals surface area contributed by atoms with E-state index in [0.717, 1.165) is 5.56 Å². The van der Waals surface area contributed by atoms with E-state index in [1.165, 1.54) is 7.11 Å². The Kier molecular flexibility index (Phi) is 9.37. The summed E-state index contributed by atoms with van der Waals surface area (Å²) in [7, 11) is 1.20. The summed E-state index contributed by atoms with van der Waals surface area (Å²) in [6.07, 6.45) is -0.531. The van der Waals surface area contributed by atoms with E-state index in [-0.39, 0.29) is 25.4 Å². The Hall–Kier alpha value is -3.08. The molecule has 146 valence electrons. The Labute approximate surface area is 158 Å². The average Bonchev–Trinajstić information content (AvgIpc) is 2.67. The second-order valence-electron chi connectivity index (χ2n) is 6.21. The molecule has 0 saturated heterocycles. The number of rotatable bonds is 9. The molecule has 1 aromatic rings. The first-order valence-corrected chi connectivity index (χ1v) is 8.61. The standard InChI is InChI=1S/C19H25N3O5/c1-13(2)16(17(23)21-15(10-7-11-20)18(24)26-3)22-19(25)27-12-14-8-5-4-6-9-14/h4-6,8-9,13,15-16H,7,10,12H2,1-3H3,(H,21,23)(H,22,25)/t15-,16-/m1/s1. The number of methoxy groups -OCH3 is 1. The van der Waals surface area contributed by atoms with E-state index < -0.39 is 30.1 Å². The molecule has 0 unspecified atom stereocenters. The smallest absolute Gasteiger partial charge is 0.408 e. The van der Waals surface area contributed by atoms with Crippen molar-refractivity contribution in [2.24, 2.45) is 5.92 Å². The number of carbonyl (C=O) groups is 3. The number of nitriles is 1. The zero-order chi connectivity index (χ0) is 20.2. The first-order valence-electron chi connectivity index (χ1n) is 8.61. The van der Waals surface area contributed by atoms with Gasteiger partial charge in [-0.2, -0.15) is 5.26 Å². The number of ether oxygens (including phenoxy) is 2. The van der Waals surface area contributed by atoms with E-state index in [9.17, 15) is 14.4 Å². The van der Waals surface area contributed by atoms with Gasteiger partial charge in [-0.05, 0) is 17.9 Å². The van der Waals surface area contributed by atoms with Crippen molar-refractivity contribution < 1.29 is 23.9 Å². The Morgan fingerprint density at radius 1 is 1.15 bits per heavy atom. The van der Waals surface area contributed by atoms with E-state index in [2.05, 4.69) is 15.4 Å². The summed E-state index contributed by atoms with van der Waals surface area (Å²) >= 11 is 0. The second kappa shape index (κ2) is 11.5. The molecule has 0 aliphatic carbocycles. The van der Waals surface area contributed by atoms with Gasteiger partial charge in [0.1, 0.15) is 18.7 Å². The Balaban J connectivity index is 2.66. The number of hydrogen-bond acceptors (Lipinski definition) is 6. The van der Waals surface area contributed by atoms with Crippen LogP contribution in [-0.4, -0.2) is 37.2 Å². The molecule has 2 N–H and O–H groups in total. The number of benzene rings is 1. The monoisotopic (exact) mass is 375 g/mol. The van der Waals surface area contributed by atoms with Crippen LogP contribution in [0.15, 0.2) is 30.3 Å². The molecule has 27 heavy (non-hydrogen) atoms. The lowest BCUT2D eigenvalue weighted by Gasteiger charge is -2.24. The van der Waals surface area contributed by atoms with Gasteiger partial charge in [0.2, 0.25) is 5.91 Å². The van der Waals surface area contributed by atoms with E-state index in [1.807, 2.05) is 36.4 Å². The quantitative estimate of drug-likeness (QED) is 0.637. The maximum atomic E-state index is 12.5. The van der Waals surface area contributed by atoms with Crippen LogP contribution in [0.25, 0.3) is 0 Å². The fourth-order valence-electron chi connectivity index (χ4n) is 2.29. The highest BCUT2D eigenvalue weighted by atomic mass is 16.5. The van der Waals surface area contributed by atoms with Crippen molar-refractivity contribution >= 4 is 18.0 Å². The number of nitrogens with one attached hydrogen (secondary N) is 2. The van der Waals surface area contributed by atoms with Crippen molar-refractivity contribution in [3.05, 3.63) is 35.9 Å². The minimum atomic E-state index is -0.953. The fourth-order valence-corrected chi connectivity index (χ4v) is 2.29. The van der Waals surface area contributed by atoms with Crippen LogP contribution in [0.1, 0.15) is 32.3 Å². The van der Waals surface area contributed by atoms with Crippen LogP contribution >= 0.6 is 0 Å². The summed E-state index contributed by atoms with van der Waals surface area (Å²) in [6.45, 7) is 3.58. The predicted molar refractivity (Wildman–Crippen MR) is 97.2 cm³/mol. The van der Waals surface area contributed by atoms with Crippen molar-refractivity contribution in [3.8, 4) is 6.07 Å². The molecule has 0 aliphatic heterocycles. The molecule has 1 rings (SSSR count). The van der Waals surface area contributed by atoms with Gasteiger partial charge in [-0.25, -0.2) is 9.59 Å². The third-order valence-corrected chi connectivity index (χ3v) is 3.78. The summed E-state index contributed by atoms with van der Waals surface area (Å²) < 4.78 is 9.78. The van der Waals surface area contributed by atoms with Crippen LogP contribution in [0.4, 0.5) is 4.79 Å². The molecule has 0 spiro atoms. The molecule has 8 heteroatoms. The number of nitrogens with zero attached hydrogens (tertiary/aromatic N) is 1. The highest BCUT2D eigenvalue weighted by Gasteiger charge is 2.29. The molecule has 0 fully saturated rings. The zero-order valence-corrected chi connectivity index (χ0v) is 15.7. The van der Waals surface area contributed by atoms with Crippen molar-refractivity contribution in [2.45, 2.75) is 45.4 Å². The van der Waals surface area contributed by atoms with Crippen molar-refractivity contribution in [2.75, 3.05) is 7.11 Å². The highest BCUT2D eigenvalue weighted by molar-refractivity contribution is 5.89. The molecule has 1 aromatic carbocycles. The summed E-state index contributed by atoms with van der Waals surface area (Å²) in [5, 5.41) is 13.7. The molecule has 0 bridgehead atoms. The Bertz CT molecular complexity index is 670. The minimum absolute atomic E-state index is 0.0755. The lowest BCUT2D eigenvalue weighted by atomic mass is 10.0. The maximum Gasteiger partial charge on any atom is 0.408 e. The third-order valence-electron chi connectivity index (χ3n) is 3.78. The van der Waals surface area contributed by atoms with E-state index >= 15 is 0 Å². The molecule has 0 saturated carbocycles. The van der Waals surface area contributed by atoms with E-state index in [0.29, 0.717) is 0 Å². The average molecular weight is 375 g/mol. The van der Waals surface area contributed by atoms with Gasteiger partial charge in [0, 0.05) is 6.42 Å². The Morgan fingerprint density at radius 2 is 1.81 bits per heavy atom. The zero-order valence-electron chi connectivity index (χ0n) is 15.7. The van der Waals surface area contributed by atoms with Gasteiger partial charge in [-0.15, -0.1) is 0 Å². The summed E-state index contributed by atoms with van der Waals surface area (Å²) in [5.74, 6) is -1.44. The minimum Gasteiger partial charge on any atom is -0.467 e. The largest absolute Gasteiger partial charge is 0.467 e. The molecule has 0 heterocycles. The number of esters is 1. The summed E-state index contributed by atoms with van der Waals surface area (Å²) in [6, 6.07) is 9.21. The van der Waals surface area contributed by atoms with E-state index in [1.54, 1.807) is 13.8 Å². The molecule has 0 aromatic heterocycles. The van der Waals surface area contributed by atoms with Crippen LogP contribution < -0.4 is 10.6 Å². The highest BCUT2D eigenvalue weighted by Crippen LogP contribution is 2.07. The van der Waals surface area contributed by atoms with Gasteiger partial charge in [0.05, 0.1) is 13.2 Å². The van der Waals surface area contributed by atoms with Gasteiger partial charge in [0.15, 0.2) is 0 Å². The molecular weight excluding hydrogens is 350 g/mol. The second-order valence-corrected chi connectivity index (χ2v) is 6.21. The fraction of sp³-hybridized carbons (Fsp3) is 0.474. The van der Waals surface area contributed by atoms with Gasteiger partial charge >= 0.3 is 12.1 Å². The van der Waals surface area contributed by atoms with E-state index in [4.69, 9.17) is 10.00 Å². The number of amides is 2. The summed E-state index contributed by atoms with van der Waals surface area (Å²) in [4.78, 5) is 36.3. The van der Waals surface area contributed by atoms with Crippen molar-refractivity contribution in [1.29, 1.82) is 5.26 Å². The molecule has 8 nitrogen and oxygen atoms in total. The molecule has 2 atom stereocenters. The van der Waals surface area contributed by atoms with Crippen LogP contribution in [0, 0.1) is 17.2 Å². The normalized spacial score (nSPS) is 12.4. The molecule has 2 amide bonds. The maximum absolute atomic E-state index is 12.5. The van der Waals surface area contributed by atoms with Gasteiger partial charge in [-0.3, -0.25) is 4.79 Å². The SMILES string of the molecule is COC(=O)[C@@H](CCC#N)NC(=O)[C@H](NC(=O)OCc1ccccc1)C(C)C. The van der Waals surface area contributed by atoms with Gasteiger partial charge in [-0.1, -0.05) is 44.2 Å². The Morgan fingerprint density at radius 3 is 2.37 bits per heavy atom. The van der Waals surface area contributed by atoms with Crippen molar-refractivity contribution in [3.63, 3.8) is 0 Å². The first kappa shape index (κ1) is 22.0. The number of alkyl carbamates (subject to hydrolysis) is 1. The summed E-state index contributed by atoms with van der Waals surface area (Å²) in [5.41, 5.74) is 0.820. The number of carbonyl (C=O) groups excluding carboxylic acids is 3. The van der Waals surface area contributed by atoms with Crippen molar-refractivity contribution in [1.82, 2.24) is 10.6 Å². The van der Waals surface area contributed by atoms with Crippen LogP contribution in [0.3, 0.4) is 0 Å². The molecular formula is C19H25N3O5. The van der Waals surface area contributed by atoms with Crippen LogP contribution in [0.5, 0.6) is 0 Å². The topological polar surface area (TPSA) is 118 Å².